The van der Waals surface area contributed by atoms with E-state index in [2.05, 4.69) is 36.1 Å². The van der Waals surface area contributed by atoms with Crippen LogP contribution in [0.15, 0.2) is 76.5 Å². The van der Waals surface area contributed by atoms with Crippen molar-refractivity contribution in [2.75, 3.05) is 30.0 Å². The molecule has 0 aliphatic carbocycles. The Morgan fingerprint density at radius 1 is 1.02 bits per heavy atom. The molecule has 47 heavy (non-hydrogen) atoms. The van der Waals surface area contributed by atoms with Gasteiger partial charge in [-0.05, 0) is 54.0 Å². The van der Waals surface area contributed by atoms with Gasteiger partial charge in [-0.3, -0.25) is 33.4 Å². The molecule has 0 radical (unpaired) electrons. The summed E-state index contributed by atoms with van der Waals surface area (Å²) in [7, 11) is -3.74. The van der Waals surface area contributed by atoms with Crippen LogP contribution in [0.4, 0.5) is 11.4 Å². The van der Waals surface area contributed by atoms with Crippen LogP contribution in [-0.4, -0.2) is 69.0 Å². The van der Waals surface area contributed by atoms with Crippen molar-refractivity contribution in [2.24, 2.45) is 0 Å². The number of halogens is 1. The lowest BCUT2D eigenvalue weighted by molar-refractivity contribution is -0.199. The molecular formula is C30H34BrN6O9P. The van der Waals surface area contributed by atoms with E-state index in [-0.39, 0.29) is 42.4 Å². The van der Waals surface area contributed by atoms with Crippen LogP contribution < -0.4 is 15.7 Å². The number of esters is 1. The van der Waals surface area contributed by atoms with Gasteiger partial charge in [-0.1, -0.05) is 36.4 Å². The quantitative estimate of drug-likeness (QED) is 0.0844. The first kappa shape index (κ1) is 33.3. The van der Waals surface area contributed by atoms with Crippen LogP contribution in [-0.2, 0) is 44.3 Å². The van der Waals surface area contributed by atoms with E-state index >= 15 is 0 Å². The summed E-state index contributed by atoms with van der Waals surface area (Å²) in [5, 5.41) is 6.01. The Morgan fingerprint density at radius 3 is 2.30 bits per heavy atom. The topological polar surface area (TPSA) is 166 Å². The van der Waals surface area contributed by atoms with Crippen molar-refractivity contribution in [2.45, 2.75) is 57.8 Å². The standard InChI is InChI=1S/C30H34BrN6O9P/c1-19(38)42-15-14-41-18-36-17-32-26-23(27(36)39)33-29(31)37(26)28-25-24(45-30(2,3)46-25)22(44-28)16-43-47(40,34-20-10-6-4-7-11-20)35-21-12-8-5-9-13-21/h4-13,17,22,24-25,28H,14-16,18H2,1-3H3,(H2,34,35,40)/t22-,24-,25-,28-/m1/s1. The van der Waals surface area contributed by atoms with E-state index in [1.165, 1.54) is 17.8 Å². The zero-order valence-corrected chi connectivity index (χ0v) is 28.3. The number of carbonyl (C=O) groups excluding carboxylic acids is 1. The van der Waals surface area contributed by atoms with Crippen molar-refractivity contribution >= 4 is 52.1 Å². The van der Waals surface area contributed by atoms with Crippen molar-refractivity contribution in [3.8, 4) is 0 Å². The van der Waals surface area contributed by atoms with E-state index in [0.29, 0.717) is 11.4 Å². The SMILES string of the molecule is CC(=O)OCCOCn1cnc2c(nc(Br)n2[C@@H]2O[C@H](COP(=O)(Nc3ccccc3)Nc3ccccc3)[C@H]3OC(C)(C)O[C@H]32)c1=O. The van der Waals surface area contributed by atoms with E-state index in [0.717, 1.165) is 0 Å². The molecule has 4 heterocycles. The number of anilines is 2. The molecule has 17 heteroatoms. The third kappa shape index (κ3) is 7.59. The average Bonchev–Trinajstić information content (AvgIpc) is 3.65. The first-order chi connectivity index (χ1) is 22.5. The Bertz CT molecular complexity index is 1780. The number of benzene rings is 2. The minimum atomic E-state index is -3.74. The lowest BCUT2D eigenvalue weighted by Gasteiger charge is -2.27. The third-order valence-corrected chi connectivity index (χ3v) is 9.47. The van der Waals surface area contributed by atoms with Crippen LogP contribution in [0.5, 0.6) is 0 Å². The molecule has 250 valence electrons. The molecule has 2 aromatic carbocycles. The van der Waals surface area contributed by atoms with Gasteiger partial charge in [0, 0.05) is 18.3 Å². The number of aromatic nitrogens is 4. The Kier molecular flexibility index (Phi) is 9.80. The largest absolute Gasteiger partial charge is 0.463 e. The summed E-state index contributed by atoms with van der Waals surface area (Å²) in [5.74, 6) is -1.38. The summed E-state index contributed by atoms with van der Waals surface area (Å²) in [6.45, 7) is 4.80. The molecule has 6 rings (SSSR count). The first-order valence-electron chi connectivity index (χ1n) is 14.8. The highest BCUT2D eigenvalue weighted by Crippen LogP contribution is 2.49. The fraction of sp³-hybridized carbons (Fsp3) is 0.400. The number of nitrogens with zero attached hydrogens (tertiary/aromatic N) is 4. The monoisotopic (exact) mass is 732 g/mol. The Morgan fingerprint density at radius 2 is 1.66 bits per heavy atom. The predicted molar refractivity (Wildman–Crippen MR) is 173 cm³/mol. The van der Waals surface area contributed by atoms with Crippen LogP contribution in [0.1, 0.15) is 27.0 Å². The lowest BCUT2D eigenvalue weighted by atomic mass is 10.1. The molecule has 0 bridgehead atoms. The van der Waals surface area contributed by atoms with E-state index in [4.69, 9.17) is 28.2 Å². The van der Waals surface area contributed by atoms with Crippen molar-refractivity contribution in [1.82, 2.24) is 19.1 Å². The maximum atomic E-state index is 14.2. The molecule has 4 aromatic rings. The molecule has 4 atom stereocenters. The number of rotatable bonds is 13. The highest BCUT2D eigenvalue weighted by Gasteiger charge is 2.57. The fourth-order valence-corrected chi connectivity index (χ4v) is 7.41. The lowest BCUT2D eigenvalue weighted by Crippen LogP contribution is -2.33. The fourth-order valence-electron chi connectivity index (χ4n) is 5.34. The summed E-state index contributed by atoms with van der Waals surface area (Å²) in [4.78, 5) is 33.2. The first-order valence-corrected chi connectivity index (χ1v) is 17.2. The maximum Gasteiger partial charge on any atom is 0.391 e. The second-order valence-electron chi connectivity index (χ2n) is 11.3. The Labute approximate surface area is 278 Å². The van der Waals surface area contributed by atoms with Crippen LogP contribution in [0, 0.1) is 0 Å². The van der Waals surface area contributed by atoms with Crippen LogP contribution in [0.3, 0.4) is 0 Å². The van der Waals surface area contributed by atoms with E-state index < -0.39 is 49.5 Å². The molecule has 2 aliphatic rings. The third-order valence-electron chi connectivity index (χ3n) is 7.29. The number of para-hydroxylation sites is 2. The van der Waals surface area contributed by atoms with Gasteiger partial charge in [0.1, 0.15) is 38.0 Å². The normalized spacial score (nSPS) is 21.9. The van der Waals surface area contributed by atoms with Gasteiger partial charge < -0.3 is 23.7 Å². The predicted octanol–water partition coefficient (Wildman–Crippen LogP) is 4.66. The number of fused-ring (bicyclic) bond motifs is 2. The molecule has 0 spiro atoms. The van der Waals surface area contributed by atoms with Crippen molar-refractivity contribution in [3.63, 3.8) is 0 Å². The van der Waals surface area contributed by atoms with Crippen LogP contribution in [0.2, 0.25) is 0 Å². The second kappa shape index (κ2) is 13.8. The molecule has 2 N–H and O–H groups in total. The molecule has 15 nitrogen and oxygen atoms in total. The van der Waals surface area contributed by atoms with Gasteiger partial charge in [-0.2, -0.15) is 0 Å². The van der Waals surface area contributed by atoms with Gasteiger partial charge in [-0.15, -0.1) is 0 Å². The van der Waals surface area contributed by atoms with E-state index in [1.54, 1.807) is 42.7 Å². The van der Waals surface area contributed by atoms with Crippen molar-refractivity contribution in [3.05, 3.63) is 82.1 Å². The molecule has 2 fully saturated rings. The number of hydrogen-bond acceptors (Lipinski definition) is 11. The summed E-state index contributed by atoms with van der Waals surface area (Å²) in [6.07, 6.45) is -1.49. The number of carbonyl (C=O) groups is 1. The molecule has 0 unspecified atom stereocenters. The molecule has 2 aliphatic heterocycles. The number of ether oxygens (including phenoxy) is 5. The summed E-state index contributed by atoms with van der Waals surface area (Å²) >= 11 is 3.47. The zero-order valence-electron chi connectivity index (χ0n) is 25.8. The highest BCUT2D eigenvalue weighted by molar-refractivity contribution is 9.10. The van der Waals surface area contributed by atoms with Crippen molar-refractivity contribution in [1.29, 1.82) is 0 Å². The van der Waals surface area contributed by atoms with Crippen LogP contribution in [0.25, 0.3) is 11.2 Å². The maximum absolute atomic E-state index is 14.2. The van der Waals surface area contributed by atoms with Gasteiger partial charge in [0.25, 0.3) is 5.56 Å². The van der Waals surface area contributed by atoms with E-state index in [9.17, 15) is 14.2 Å². The minimum Gasteiger partial charge on any atom is -0.463 e. The number of hydrogen-bond donors (Lipinski definition) is 2. The highest BCUT2D eigenvalue weighted by atomic mass is 79.9. The van der Waals surface area contributed by atoms with Gasteiger partial charge in [-0.25, -0.2) is 14.5 Å². The van der Waals surface area contributed by atoms with E-state index in [1.807, 2.05) is 36.4 Å². The van der Waals surface area contributed by atoms with Crippen molar-refractivity contribution < 1.29 is 37.6 Å². The summed E-state index contributed by atoms with van der Waals surface area (Å²) in [5.41, 5.74) is 1.08. The number of nitrogens with one attached hydrogen (secondary N) is 2. The molecule has 0 saturated carbocycles. The van der Waals surface area contributed by atoms with Gasteiger partial charge in [0.15, 0.2) is 27.9 Å². The summed E-state index contributed by atoms with van der Waals surface area (Å²) in [6, 6.07) is 18.2. The van der Waals surface area contributed by atoms with Crippen LogP contribution >= 0.6 is 23.6 Å². The van der Waals surface area contributed by atoms with Gasteiger partial charge in [0.2, 0.25) is 0 Å². The summed E-state index contributed by atoms with van der Waals surface area (Å²) < 4.78 is 52.8. The van der Waals surface area contributed by atoms with Gasteiger partial charge in [0.05, 0.1) is 13.2 Å². The zero-order chi connectivity index (χ0) is 33.2. The molecule has 2 saturated heterocycles. The molecule has 2 aromatic heterocycles. The van der Waals surface area contributed by atoms with Gasteiger partial charge >= 0.3 is 13.6 Å². The second-order valence-corrected chi connectivity index (χ2v) is 13.8. The molecular weight excluding hydrogens is 699 g/mol. The Hall–Kier alpha value is -3.63. The minimum absolute atomic E-state index is 0.0604. The molecule has 0 amide bonds. The smallest absolute Gasteiger partial charge is 0.391 e. The average molecular weight is 734 g/mol. The number of imidazole rings is 1. The Balaban J connectivity index is 1.23.